The van der Waals surface area contributed by atoms with E-state index in [1.165, 1.54) is 12.1 Å². The second-order valence-electron chi connectivity index (χ2n) is 3.30. The van der Waals surface area contributed by atoms with Gasteiger partial charge in [0.1, 0.15) is 5.75 Å². The molecular formula is C12H8O5. The summed E-state index contributed by atoms with van der Waals surface area (Å²) in [4.78, 5) is 33.9. The number of fused-ring (bicyclic) bond motifs is 1. The molecule has 0 saturated heterocycles. The molecule has 1 atom stereocenters. The lowest BCUT2D eigenvalue weighted by Gasteiger charge is -2.04. The molecule has 0 heterocycles. The molecule has 0 saturated carbocycles. The van der Waals surface area contributed by atoms with E-state index >= 15 is 0 Å². The number of ketones is 2. The van der Waals surface area contributed by atoms with Crippen molar-refractivity contribution in [2.45, 2.75) is 6.10 Å². The van der Waals surface area contributed by atoms with Gasteiger partial charge in [0.2, 0.25) is 17.7 Å². The number of rotatable bonds is 4. The van der Waals surface area contributed by atoms with Gasteiger partial charge in [0, 0.05) is 5.56 Å². The highest BCUT2D eigenvalue weighted by Crippen LogP contribution is 2.31. The molecule has 1 unspecified atom stereocenters. The largest absolute Gasteiger partial charge is 0.465 e. The van der Waals surface area contributed by atoms with Gasteiger partial charge in [0.15, 0.2) is 0 Å². The van der Waals surface area contributed by atoms with Crippen LogP contribution in [0, 0.1) is 0 Å². The Morgan fingerprint density at radius 1 is 1.24 bits per heavy atom. The average molecular weight is 232 g/mol. The molecule has 0 amide bonds. The van der Waals surface area contributed by atoms with Crippen LogP contribution < -0.4 is 4.74 Å². The van der Waals surface area contributed by atoms with Gasteiger partial charge in [0.05, 0.1) is 11.8 Å². The molecule has 0 fully saturated rings. The summed E-state index contributed by atoms with van der Waals surface area (Å²) < 4.78 is 9.52. The Hall–Kier alpha value is -2.43. The van der Waals surface area contributed by atoms with Crippen LogP contribution in [0.3, 0.4) is 0 Å². The first-order valence-corrected chi connectivity index (χ1v) is 4.78. The van der Waals surface area contributed by atoms with Crippen molar-refractivity contribution < 1.29 is 23.9 Å². The van der Waals surface area contributed by atoms with Gasteiger partial charge >= 0.3 is 0 Å². The van der Waals surface area contributed by atoms with Gasteiger partial charge < -0.3 is 9.47 Å². The van der Waals surface area contributed by atoms with Crippen LogP contribution in [0.1, 0.15) is 20.7 Å². The summed E-state index contributed by atoms with van der Waals surface area (Å²) in [6, 6.07) is 4.60. The maximum absolute atomic E-state index is 11.9. The molecule has 2 rings (SSSR count). The number of carbonyl (C=O) groups is 3. The topological polar surface area (TPSA) is 69.7 Å². The molecule has 1 aromatic rings. The third-order valence-corrected chi connectivity index (χ3v) is 2.42. The summed E-state index contributed by atoms with van der Waals surface area (Å²) in [5.41, 5.74) is 0.324. The van der Waals surface area contributed by atoms with E-state index in [0.717, 1.165) is 6.26 Å². The normalized spacial score (nSPS) is 17.5. The average Bonchev–Trinajstić information content (AvgIpc) is 2.56. The SMILES string of the molecule is C=COc1cccc2c1C(=O)C(OC=O)C2=O. The predicted molar refractivity (Wildman–Crippen MR) is 56.9 cm³/mol. The highest BCUT2D eigenvalue weighted by molar-refractivity contribution is 6.30. The van der Waals surface area contributed by atoms with E-state index in [1.807, 2.05) is 0 Å². The minimum atomic E-state index is -1.39. The number of ether oxygens (including phenoxy) is 2. The van der Waals surface area contributed by atoms with Crippen LogP contribution in [0.5, 0.6) is 5.75 Å². The summed E-state index contributed by atoms with van der Waals surface area (Å²) in [6.45, 7) is 3.46. The number of Topliss-reactive ketones (excluding diaryl/α,β-unsaturated/α-hetero) is 2. The fraction of sp³-hybridized carbons (Fsp3) is 0.0833. The highest BCUT2D eigenvalue weighted by Gasteiger charge is 2.42. The van der Waals surface area contributed by atoms with Crippen LogP contribution in [-0.4, -0.2) is 24.1 Å². The van der Waals surface area contributed by atoms with Crippen molar-refractivity contribution >= 4 is 18.0 Å². The van der Waals surface area contributed by atoms with Crippen LogP contribution >= 0.6 is 0 Å². The predicted octanol–water partition coefficient (Wildman–Crippen LogP) is 1.13. The van der Waals surface area contributed by atoms with E-state index in [0.29, 0.717) is 0 Å². The Labute approximate surface area is 96.6 Å². The van der Waals surface area contributed by atoms with Crippen molar-refractivity contribution in [3.8, 4) is 5.75 Å². The first-order chi connectivity index (χ1) is 8.20. The first-order valence-electron chi connectivity index (χ1n) is 4.78. The van der Waals surface area contributed by atoms with Gasteiger partial charge in [-0.2, -0.15) is 0 Å². The van der Waals surface area contributed by atoms with Gasteiger partial charge in [-0.15, -0.1) is 0 Å². The zero-order valence-corrected chi connectivity index (χ0v) is 8.71. The Balaban J connectivity index is 2.52. The van der Waals surface area contributed by atoms with Crippen molar-refractivity contribution in [2.24, 2.45) is 0 Å². The standard InChI is InChI=1S/C12H8O5/c1-2-16-8-5-3-4-7-9(8)11(15)12(10(7)14)17-6-13/h2-6,12H,1H2. The number of benzene rings is 1. The molecule has 1 aliphatic rings. The van der Waals surface area contributed by atoms with Gasteiger partial charge in [-0.25, -0.2) is 0 Å². The van der Waals surface area contributed by atoms with E-state index < -0.39 is 17.7 Å². The van der Waals surface area contributed by atoms with Gasteiger partial charge in [0.25, 0.3) is 6.47 Å². The van der Waals surface area contributed by atoms with Crippen molar-refractivity contribution in [1.29, 1.82) is 0 Å². The van der Waals surface area contributed by atoms with E-state index in [4.69, 9.17) is 4.74 Å². The van der Waals surface area contributed by atoms with Crippen molar-refractivity contribution in [1.82, 2.24) is 0 Å². The van der Waals surface area contributed by atoms with Crippen molar-refractivity contribution in [3.63, 3.8) is 0 Å². The molecule has 0 bridgehead atoms. The maximum atomic E-state index is 11.9. The second-order valence-corrected chi connectivity index (χ2v) is 3.30. The molecular weight excluding hydrogens is 224 g/mol. The van der Waals surface area contributed by atoms with E-state index in [-0.39, 0.29) is 23.3 Å². The zero-order chi connectivity index (χ0) is 12.4. The summed E-state index contributed by atoms with van der Waals surface area (Å²) in [7, 11) is 0. The monoisotopic (exact) mass is 232 g/mol. The van der Waals surface area contributed by atoms with E-state index in [2.05, 4.69) is 11.3 Å². The number of carbonyl (C=O) groups excluding carboxylic acids is 3. The fourth-order valence-corrected chi connectivity index (χ4v) is 1.75. The molecule has 86 valence electrons. The summed E-state index contributed by atoms with van der Waals surface area (Å²) >= 11 is 0. The van der Waals surface area contributed by atoms with Crippen LogP contribution in [-0.2, 0) is 9.53 Å². The molecule has 0 aromatic heterocycles. The zero-order valence-electron chi connectivity index (χ0n) is 8.71. The molecule has 0 radical (unpaired) electrons. The van der Waals surface area contributed by atoms with Gasteiger partial charge in [-0.3, -0.25) is 14.4 Å². The van der Waals surface area contributed by atoms with Crippen molar-refractivity contribution in [3.05, 3.63) is 42.2 Å². The molecule has 1 aliphatic carbocycles. The third kappa shape index (κ3) is 1.61. The Morgan fingerprint density at radius 3 is 2.65 bits per heavy atom. The lowest BCUT2D eigenvalue weighted by Crippen LogP contribution is -2.25. The fourth-order valence-electron chi connectivity index (χ4n) is 1.75. The molecule has 1 aromatic carbocycles. The molecule has 5 heteroatoms. The van der Waals surface area contributed by atoms with Gasteiger partial charge in [-0.1, -0.05) is 18.7 Å². The van der Waals surface area contributed by atoms with Crippen LogP contribution in [0.15, 0.2) is 31.0 Å². The lowest BCUT2D eigenvalue weighted by molar-refractivity contribution is -0.130. The van der Waals surface area contributed by atoms with Crippen LogP contribution in [0.2, 0.25) is 0 Å². The maximum Gasteiger partial charge on any atom is 0.294 e. The number of hydrogen-bond donors (Lipinski definition) is 0. The smallest absolute Gasteiger partial charge is 0.294 e. The minimum absolute atomic E-state index is 0.0837. The Morgan fingerprint density at radius 2 is 2.00 bits per heavy atom. The first kappa shape index (κ1) is 11.1. The summed E-state index contributed by atoms with van der Waals surface area (Å²) in [5.74, 6) is -0.881. The molecule has 0 aliphatic heterocycles. The molecule has 0 spiro atoms. The summed E-state index contributed by atoms with van der Waals surface area (Å²) in [5, 5.41) is 0. The highest BCUT2D eigenvalue weighted by atomic mass is 16.5. The third-order valence-electron chi connectivity index (χ3n) is 2.42. The van der Waals surface area contributed by atoms with Crippen LogP contribution in [0.25, 0.3) is 0 Å². The van der Waals surface area contributed by atoms with Crippen LogP contribution in [0.4, 0.5) is 0 Å². The number of hydrogen-bond acceptors (Lipinski definition) is 5. The second kappa shape index (κ2) is 4.21. The summed E-state index contributed by atoms with van der Waals surface area (Å²) in [6.07, 6.45) is -0.238. The van der Waals surface area contributed by atoms with E-state index in [1.54, 1.807) is 6.07 Å². The quantitative estimate of drug-likeness (QED) is 0.442. The molecule has 5 nitrogen and oxygen atoms in total. The molecule has 0 N–H and O–H groups in total. The molecule has 17 heavy (non-hydrogen) atoms. The van der Waals surface area contributed by atoms with Crippen molar-refractivity contribution in [2.75, 3.05) is 0 Å². The van der Waals surface area contributed by atoms with Gasteiger partial charge in [-0.05, 0) is 6.07 Å². The lowest BCUT2D eigenvalue weighted by atomic mass is 10.1. The van der Waals surface area contributed by atoms with E-state index in [9.17, 15) is 14.4 Å². The minimum Gasteiger partial charge on any atom is -0.465 e. The Bertz CT molecular complexity index is 518. The Kier molecular flexibility index (Phi) is 2.74.